The van der Waals surface area contributed by atoms with Crippen molar-refractivity contribution in [1.29, 1.82) is 0 Å². The first-order chi connectivity index (χ1) is 12.9. The number of halogens is 1. The molecule has 0 bridgehead atoms. The second-order valence-electron chi connectivity index (χ2n) is 5.11. The molecule has 0 aliphatic heterocycles. The van der Waals surface area contributed by atoms with E-state index in [4.69, 9.17) is 21.1 Å². The second kappa shape index (κ2) is 9.39. The van der Waals surface area contributed by atoms with Crippen LogP contribution in [0.3, 0.4) is 0 Å². The minimum Gasteiger partial charge on any atom is -0.493 e. The number of nitro groups is 1. The summed E-state index contributed by atoms with van der Waals surface area (Å²) in [5, 5.41) is 14.7. The van der Waals surface area contributed by atoms with E-state index in [0.717, 1.165) is 5.56 Å². The molecule has 2 aromatic rings. The van der Waals surface area contributed by atoms with Gasteiger partial charge in [0.2, 0.25) is 0 Å². The number of non-ortho nitro benzene ring substituents is 1. The van der Waals surface area contributed by atoms with Crippen LogP contribution in [0.25, 0.3) is 0 Å². The molecule has 0 heterocycles. The van der Waals surface area contributed by atoms with E-state index in [1.54, 1.807) is 24.3 Å². The van der Waals surface area contributed by atoms with Gasteiger partial charge < -0.3 is 14.2 Å². The summed E-state index contributed by atoms with van der Waals surface area (Å²) in [7, 11) is 2.68. The third-order valence-electron chi connectivity index (χ3n) is 3.34. The van der Waals surface area contributed by atoms with E-state index >= 15 is 0 Å². The van der Waals surface area contributed by atoms with Crippen LogP contribution in [0.2, 0.25) is 5.02 Å². The summed E-state index contributed by atoms with van der Waals surface area (Å²) < 4.78 is 15.4. The fourth-order valence-electron chi connectivity index (χ4n) is 2.03. The predicted octanol–water partition coefficient (Wildman–Crippen LogP) is 3.53. The van der Waals surface area contributed by atoms with Crippen molar-refractivity contribution in [2.75, 3.05) is 14.2 Å². The van der Waals surface area contributed by atoms with Crippen LogP contribution in [0.1, 0.15) is 11.1 Å². The molecule has 0 atom stereocenters. The van der Waals surface area contributed by atoms with Crippen molar-refractivity contribution in [3.63, 3.8) is 0 Å². The van der Waals surface area contributed by atoms with E-state index in [9.17, 15) is 14.9 Å². The van der Waals surface area contributed by atoms with Crippen LogP contribution in [0.15, 0.2) is 41.5 Å². The minimum absolute atomic E-state index is 0.00133. The third-order valence-corrected chi connectivity index (χ3v) is 3.62. The molecule has 10 heteroatoms. The van der Waals surface area contributed by atoms with Crippen LogP contribution >= 0.6 is 11.6 Å². The number of hydrogen-bond acceptors (Lipinski definition) is 7. The van der Waals surface area contributed by atoms with E-state index < -0.39 is 11.0 Å². The van der Waals surface area contributed by atoms with Crippen LogP contribution in [-0.4, -0.2) is 31.5 Å². The molecular weight excluding hydrogens is 378 g/mol. The van der Waals surface area contributed by atoms with E-state index in [0.29, 0.717) is 17.1 Å². The Morgan fingerprint density at radius 3 is 2.59 bits per heavy atom. The Bertz CT molecular complexity index is 854. The normalized spacial score (nSPS) is 10.5. The molecule has 0 aromatic heterocycles. The van der Waals surface area contributed by atoms with E-state index in [1.165, 1.54) is 32.6 Å². The maximum atomic E-state index is 11.0. The summed E-state index contributed by atoms with van der Waals surface area (Å²) in [4.78, 5) is 21.2. The molecule has 0 spiro atoms. The number of methoxy groups -OCH3 is 2. The molecule has 1 N–H and O–H groups in total. The molecule has 0 saturated heterocycles. The number of benzene rings is 2. The van der Waals surface area contributed by atoms with Gasteiger partial charge in [-0.05, 0) is 35.4 Å². The van der Waals surface area contributed by atoms with Crippen molar-refractivity contribution >= 4 is 29.6 Å². The highest BCUT2D eigenvalue weighted by Gasteiger charge is 2.12. The van der Waals surface area contributed by atoms with Crippen molar-refractivity contribution < 1.29 is 23.9 Å². The molecule has 0 fully saturated rings. The van der Waals surface area contributed by atoms with Crippen molar-refractivity contribution in [3.05, 3.63) is 62.7 Å². The summed E-state index contributed by atoms with van der Waals surface area (Å²) in [6.07, 6.45) is 0.665. The van der Waals surface area contributed by atoms with E-state index in [2.05, 4.69) is 15.3 Å². The molecule has 0 radical (unpaired) electrons. The summed E-state index contributed by atoms with van der Waals surface area (Å²) in [6, 6.07) is 9.18. The highest BCUT2D eigenvalue weighted by molar-refractivity contribution is 6.32. The van der Waals surface area contributed by atoms with Gasteiger partial charge >= 0.3 is 6.09 Å². The molecule has 0 aliphatic rings. The van der Waals surface area contributed by atoms with Gasteiger partial charge in [-0.2, -0.15) is 5.10 Å². The predicted molar refractivity (Wildman–Crippen MR) is 98.6 cm³/mol. The minimum atomic E-state index is -0.702. The Morgan fingerprint density at radius 1 is 1.30 bits per heavy atom. The quantitative estimate of drug-likeness (QED) is 0.437. The number of ether oxygens (including phenoxy) is 3. The summed E-state index contributed by atoms with van der Waals surface area (Å²) in [5.74, 6) is 0.680. The Kier molecular flexibility index (Phi) is 6.95. The van der Waals surface area contributed by atoms with Gasteiger partial charge in [0.1, 0.15) is 6.61 Å². The Labute approximate surface area is 159 Å². The zero-order chi connectivity index (χ0) is 19.8. The molecule has 2 rings (SSSR count). The van der Waals surface area contributed by atoms with Gasteiger partial charge in [0.25, 0.3) is 5.69 Å². The van der Waals surface area contributed by atoms with Crippen LogP contribution in [0.4, 0.5) is 10.5 Å². The smallest absolute Gasteiger partial charge is 0.427 e. The topological polar surface area (TPSA) is 112 Å². The second-order valence-corrected chi connectivity index (χ2v) is 5.52. The fraction of sp³-hybridized carbons (Fsp3) is 0.176. The van der Waals surface area contributed by atoms with Gasteiger partial charge in [-0.1, -0.05) is 11.6 Å². The van der Waals surface area contributed by atoms with Crippen LogP contribution in [0, 0.1) is 10.1 Å². The van der Waals surface area contributed by atoms with Crippen molar-refractivity contribution in [3.8, 4) is 11.5 Å². The Morgan fingerprint density at radius 2 is 2.00 bits per heavy atom. The summed E-state index contributed by atoms with van der Waals surface area (Å²) in [5.41, 5.74) is 3.45. The molecule has 9 nitrogen and oxygen atoms in total. The average molecular weight is 394 g/mol. The number of hydrazone groups is 1. The lowest BCUT2D eigenvalue weighted by Gasteiger charge is -2.13. The number of rotatable bonds is 7. The molecule has 0 aliphatic carbocycles. The number of carbonyl (C=O) groups excluding carboxylic acids is 1. The first-order valence-electron chi connectivity index (χ1n) is 7.55. The largest absolute Gasteiger partial charge is 0.493 e. The molecule has 2 aromatic carbocycles. The lowest BCUT2D eigenvalue weighted by molar-refractivity contribution is -0.384. The van der Waals surface area contributed by atoms with E-state index in [1.807, 2.05) is 0 Å². The van der Waals surface area contributed by atoms with Gasteiger partial charge in [0.15, 0.2) is 11.5 Å². The van der Waals surface area contributed by atoms with Crippen LogP contribution in [0.5, 0.6) is 11.5 Å². The maximum Gasteiger partial charge on any atom is 0.427 e. The lowest BCUT2D eigenvalue weighted by Crippen LogP contribution is -2.16. The average Bonchev–Trinajstić information content (AvgIpc) is 2.66. The lowest BCUT2D eigenvalue weighted by atomic mass is 10.2. The van der Waals surface area contributed by atoms with Crippen molar-refractivity contribution in [2.45, 2.75) is 6.61 Å². The van der Waals surface area contributed by atoms with Gasteiger partial charge in [-0.25, -0.2) is 10.2 Å². The van der Waals surface area contributed by atoms with Gasteiger partial charge in [-0.15, -0.1) is 0 Å². The standard InChI is InChI=1S/C17H16ClN3O6/c1-25-15-8-12(9-19-20-17(22)26-2)7-14(18)16(15)27-10-11-3-5-13(6-4-11)21(23)24/h3-9H,10H2,1-2H3,(H,20,22). The first-order valence-corrected chi connectivity index (χ1v) is 7.93. The van der Waals surface area contributed by atoms with Crippen LogP contribution in [-0.2, 0) is 11.3 Å². The monoisotopic (exact) mass is 393 g/mol. The van der Waals surface area contributed by atoms with Crippen molar-refractivity contribution in [1.82, 2.24) is 5.43 Å². The van der Waals surface area contributed by atoms with E-state index in [-0.39, 0.29) is 17.3 Å². The molecule has 0 saturated carbocycles. The highest BCUT2D eigenvalue weighted by atomic mass is 35.5. The molecule has 0 unspecified atom stereocenters. The maximum absolute atomic E-state index is 11.0. The zero-order valence-electron chi connectivity index (χ0n) is 14.5. The SMILES string of the molecule is COC(=O)NN=Cc1cc(Cl)c(OCc2ccc([N+](=O)[O-])cc2)c(OC)c1. The zero-order valence-corrected chi connectivity index (χ0v) is 15.2. The Balaban J connectivity index is 2.12. The van der Waals surface area contributed by atoms with Gasteiger partial charge in [-0.3, -0.25) is 10.1 Å². The highest BCUT2D eigenvalue weighted by Crippen LogP contribution is 2.36. The van der Waals surface area contributed by atoms with Gasteiger partial charge in [0.05, 0.1) is 30.4 Å². The molecular formula is C17H16ClN3O6. The Hall–Kier alpha value is -3.33. The van der Waals surface area contributed by atoms with Crippen molar-refractivity contribution in [2.24, 2.45) is 5.10 Å². The molecule has 142 valence electrons. The molecule has 1 amide bonds. The van der Waals surface area contributed by atoms with Gasteiger partial charge in [0, 0.05) is 12.1 Å². The summed E-state index contributed by atoms with van der Waals surface area (Å²) in [6.45, 7) is 0.144. The number of hydrogen-bond donors (Lipinski definition) is 1. The van der Waals surface area contributed by atoms with Crippen LogP contribution < -0.4 is 14.9 Å². The number of nitrogens with zero attached hydrogens (tertiary/aromatic N) is 2. The number of nitrogens with one attached hydrogen (secondary N) is 1. The summed E-state index contributed by atoms with van der Waals surface area (Å²) >= 11 is 6.25. The number of carbonyl (C=O) groups is 1. The fourth-order valence-corrected chi connectivity index (χ4v) is 2.30. The third kappa shape index (κ3) is 5.58. The number of nitro benzene ring substituents is 1. The molecule has 27 heavy (non-hydrogen) atoms. The number of amides is 1. The first kappa shape index (κ1) is 20.0.